The minimum Gasteiger partial charge on any atom is -0.457 e. The summed E-state index contributed by atoms with van der Waals surface area (Å²) in [4.78, 5) is 9.13. The van der Waals surface area contributed by atoms with Gasteiger partial charge >= 0.3 is 0 Å². The van der Waals surface area contributed by atoms with E-state index in [9.17, 15) is 0 Å². The van der Waals surface area contributed by atoms with E-state index in [1.54, 1.807) is 0 Å². The highest BCUT2D eigenvalue weighted by molar-refractivity contribution is 7.80. The number of likely N-dealkylation sites (N-methyl/N-ethyl adjacent to an activating group) is 1. The lowest BCUT2D eigenvalue weighted by Crippen LogP contribution is -2.42. The third kappa shape index (κ3) is 4.96. The standard InChI is InChI=1S/C34H33ClN4OS/c1-21-10-6-7-12-30(21)40-24-15-13-23(14-16-24)39-32(31(37-33(39)41)28-11-8-9-17-36-28)26-18-25-22(2)20-34(3,4)38(5)29(25)19-27(26)35/h6-20,31-32H,1-5H3,(H,37,41)/t31-,32+/m1/s1. The van der Waals surface area contributed by atoms with Crippen LogP contribution >= 0.6 is 23.8 Å². The number of aryl methyl sites for hydroxylation is 1. The Kier molecular flexibility index (Phi) is 7.00. The first kappa shape index (κ1) is 27.3. The maximum atomic E-state index is 7.15. The van der Waals surface area contributed by atoms with Gasteiger partial charge in [-0.15, -0.1) is 0 Å². The first-order valence-electron chi connectivity index (χ1n) is 13.8. The molecule has 2 atom stereocenters. The van der Waals surface area contributed by atoms with Crippen molar-refractivity contribution in [3.63, 3.8) is 0 Å². The van der Waals surface area contributed by atoms with Gasteiger partial charge in [0.25, 0.3) is 0 Å². The Balaban J connectivity index is 1.43. The molecule has 0 radical (unpaired) electrons. The molecule has 0 saturated carbocycles. The van der Waals surface area contributed by atoms with Crippen molar-refractivity contribution in [2.75, 3.05) is 16.8 Å². The Morgan fingerprint density at radius 3 is 2.41 bits per heavy atom. The molecule has 7 heteroatoms. The number of fused-ring (bicyclic) bond motifs is 1. The van der Waals surface area contributed by atoms with Crippen molar-refractivity contribution in [1.82, 2.24) is 10.3 Å². The number of anilines is 2. The van der Waals surface area contributed by atoms with Gasteiger partial charge in [-0.05, 0) is 111 Å². The highest BCUT2D eigenvalue weighted by atomic mass is 35.5. The fourth-order valence-corrected chi connectivity index (χ4v) is 6.45. The van der Waals surface area contributed by atoms with E-state index >= 15 is 0 Å². The van der Waals surface area contributed by atoms with Crippen LogP contribution in [0.4, 0.5) is 11.4 Å². The third-order valence-corrected chi connectivity index (χ3v) is 8.83. The molecule has 41 heavy (non-hydrogen) atoms. The van der Waals surface area contributed by atoms with Crippen LogP contribution in [0.5, 0.6) is 11.5 Å². The van der Waals surface area contributed by atoms with Crippen molar-refractivity contribution in [2.24, 2.45) is 0 Å². The summed E-state index contributed by atoms with van der Waals surface area (Å²) >= 11 is 13.1. The zero-order chi connectivity index (χ0) is 28.9. The zero-order valence-corrected chi connectivity index (χ0v) is 25.4. The van der Waals surface area contributed by atoms with E-state index in [1.165, 1.54) is 11.1 Å². The van der Waals surface area contributed by atoms with Gasteiger partial charge in [0.05, 0.1) is 23.3 Å². The number of thiocarbonyl (C=S) groups is 1. The quantitative estimate of drug-likeness (QED) is 0.238. The number of nitrogens with zero attached hydrogens (tertiary/aromatic N) is 3. The Morgan fingerprint density at radius 1 is 0.976 bits per heavy atom. The summed E-state index contributed by atoms with van der Waals surface area (Å²) in [5.41, 5.74) is 7.34. The van der Waals surface area contributed by atoms with E-state index in [1.807, 2.05) is 79.9 Å². The van der Waals surface area contributed by atoms with Crippen molar-refractivity contribution < 1.29 is 4.74 Å². The molecule has 1 saturated heterocycles. The van der Waals surface area contributed by atoms with Crippen LogP contribution in [0.15, 0.2) is 91.1 Å². The molecule has 5 nitrogen and oxygen atoms in total. The second-order valence-electron chi connectivity index (χ2n) is 11.3. The van der Waals surface area contributed by atoms with Crippen LogP contribution in [0.2, 0.25) is 5.02 Å². The number of allylic oxidation sites excluding steroid dienone is 1. The van der Waals surface area contributed by atoms with E-state index < -0.39 is 0 Å². The lowest BCUT2D eigenvalue weighted by molar-refractivity contribution is 0.479. The molecular weight excluding hydrogens is 548 g/mol. The lowest BCUT2D eigenvalue weighted by Gasteiger charge is -2.41. The first-order chi connectivity index (χ1) is 19.6. The molecule has 0 amide bonds. The van der Waals surface area contributed by atoms with Gasteiger partial charge < -0.3 is 19.9 Å². The molecule has 3 heterocycles. The van der Waals surface area contributed by atoms with Crippen LogP contribution in [0.1, 0.15) is 55.2 Å². The minimum absolute atomic E-state index is 0.108. The van der Waals surface area contributed by atoms with Gasteiger partial charge in [-0.2, -0.15) is 0 Å². The molecule has 3 aromatic carbocycles. The largest absolute Gasteiger partial charge is 0.457 e. The number of benzene rings is 3. The second-order valence-corrected chi connectivity index (χ2v) is 12.1. The predicted molar refractivity (Wildman–Crippen MR) is 173 cm³/mol. The molecule has 0 aliphatic carbocycles. The highest BCUT2D eigenvalue weighted by Gasteiger charge is 2.42. The maximum absolute atomic E-state index is 7.15. The molecule has 2 aliphatic rings. The number of aromatic nitrogens is 1. The number of halogens is 1. The van der Waals surface area contributed by atoms with Crippen molar-refractivity contribution >= 4 is 45.9 Å². The maximum Gasteiger partial charge on any atom is 0.174 e. The SMILES string of the molecule is CC1=CC(C)(C)N(C)c2cc(Cl)c([C@H]3[C@@H](c4ccccn4)NC(=S)N3c3ccc(Oc4ccccc4C)cc3)cc21. The molecule has 208 valence electrons. The number of rotatable bonds is 5. The number of hydrogen-bond acceptors (Lipinski definition) is 4. The normalized spacial score (nSPS) is 19.5. The van der Waals surface area contributed by atoms with Gasteiger partial charge in [0.1, 0.15) is 11.5 Å². The third-order valence-electron chi connectivity index (χ3n) is 8.19. The molecule has 0 bridgehead atoms. The number of pyridine rings is 1. The Morgan fingerprint density at radius 2 is 1.71 bits per heavy atom. The second kappa shape index (κ2) is 10.5. The van der Waals surface area contributed by atoms with Gasteiger partial charge in [-0.25, -0.2) is 0 Å². The Labute approximate surface area is 252 Å². The van der Waals surface area contributed by atoms with Crippen LogP contribution in [0, 0.1) is 6.92 Å². The van der Waals surface area contributed by atoms with Crippen LogP contribution in [0.3, 0.4) is 0 Å². The molecule has 2 aliphatic heterocycles. The number of hydrogen-bond donors (Lipinski definition) is 1. The van der Waals surface area contributed by atoms with Gasteiger partial charge in [-0.3, -0.25) is 4.98 Å². The Bertz CT molecular complexity index is 1650. The topological polar surface area (TPSA) is 40.6 Å². The smallest absolute Gasteiger partial charge is 0.174 e. The summed E-state index contributed by atoms with van der Waals surface area (Å²) < 4.78 is 6.17. The summed E-state index contributed by atoms with van der Waals surface area (Å²) in [6.07, 6.45) is 4.13. The molecule has 6 rings (SSSR count). The highest BCUT2D eigenvalue weighted by Crippen LogP contribution is 2.48. The monoisotopic (exact) mass is 580 g/mol. The van der Waals surface area contributed by atoms with Crippen LogP contribution in [-0.2, 0) is 0 Å². The molecular formula is C34H33ClN4OS. The van der Waals surface area contributed by atoms with Crippen LogP contribution in [0.25, 0.3) is 5.57 Å². The van der Waals surface area contributed by atoms with Crippen molar-refractivity contribution in [2.45, 2.75) is 45.3 Å². The van der Waals surface area contributed by atoms with Gasteiger partial charge in [-0.1, -0.05) is 41.9 Å². The van der Waals surface area contributed by atoms with E-state index in [4.69, 9.17) is 33.5 Å². The molecule has 0 spiro atoms. The summed E-state index contributed by atoms with van der Waals surface area (Å²) in [6.45, 7) is 8.64. The molecule has 0 unspecified atom stereocenters. The number of ether oxygens (including phenoxy) is 1. The Hall–Kier alpha value is -3.87. The van der Waals surface area contributed by atoms with Gasteiger partial charge in [0.2, 0.25) is 0 Å². The molecule has 1 N–H and O–H groups in total. The number of nitrogens with one attached hydrogen (secondary N) is 1. The van der Waals surface area contributed by atoms with Crippen molar-refractivity contribution in [1.29, 1.82) is 0 Å². The van der Waals surface area contributed by atoms with E-state index in [-0.39, 0.29) is 17.6 Å². The van der Waals surface area contributed by atoms with Crippen molar-refractivity contribution in [3.05, 3.63) is 119 Å². The van der Waals surface area contributed by atoms with Crippen LogP contribution < -0.4 is 19.9 Å². The fraction of sp³-hybridized carbons (Fsp3) is 0.235. The summed E-state index contributed by atoms with van der Waals surface area (Å²) in [6, 6.07) is 25.9. The minimum atomic E-state index is -0.216. The van der Waals surface area contributed by atoms with Gasteiger partial charge in [0, 0.05) is 35.2 Å². The van der Waals surface area contributed by atoms with E-state index in [2.05, 4.69) is 61.1 Å². The molecule has 1 fully saturated rings. The average Bonchev–Trinajstić information content (AvgIpc) is 3.30. The summed E-state index contributed by atoms with van der Waals surface area (Å²) in [5.74, 6) is 1.60. The van der Waals surface area contributed by atoms with E-state index in [0.717, 1.165) is 39.7 Å². The van der Waals surface area contributed by atoms with Crippen LogP contribution in [-0.4, -0.2) is 22.7 Å². The molecule has 4 aromatic rings. The number of para-hydroxylation sites is 1. The zero-order valence-electron chi connectivity index (χ0n) is 23.9. The van der Waals surface area contributed by atoms with E-state index in [0.29, 0.717) is 10.1 Å². The fourth-order valence-electron chi connectivity index (χ4n) is 5.84. The van der Waals surface area contributed by atoms with Gasteiger partial charge in [0.15, 0.2) is 5.11 Å². The first-order valence-corrected chi connectivity index (χ1v) is 14.5. The average molecular weight is 581 g/mol. The summed E-state index contributed by atoms with van der Waals surface area (Å²) in [5, 5.41) is 4.87. The lowest BCUT2D eigenvalue weighted by atomic mass is 9.86. The predicted octanol–water partition coefficient (Wildman–Crippen LogP) is 8.64. The van der Waals surface area contributed by atoms with Crippen molar-refractivity contribution in [3.8, 4) is 11.5 Å². The molecule has 1 aromatic heterocycles. The summed E-state index contributed by atoms with van der Waals surface area (Å²) in [7, 11) is 2.12.